The molecular formula is C13H25N3OS. The minimum Gasteiger partial charge on any atom is -0.369 e. The van der Waals surface area contributed by atoms with Crippen molar-refractivity contribution < 1.29 is 4.79 Å². The van der Waals surface area contributed by atoms with Crippen molar-refractivity contribution in [3.63, 3.8) is 0 Å². The summed E-state index contributed by atoms with van der Waals surface area (Å²) in [5, 5.41) is 4.19. The Labute approximate surface area is 114 Å². The molecule has 0 radical (unpaired) electrons. The van der Waals surface area contributed by atoms with Crippen LogP contribution in [-0.4, -0.2) is 29.9 Å². The summed E-state index contributed by atoms with van der Waals surface area (Å²) in [6.45, 7) is 9.58. The van der Waals surface area contributed by atoms with Gasteiger partial charge in [0.2, 0.25) is 5.91 Å². The Hall–Kier alpha value is -0.710. The molecule has 0 bridgehead atoms. The van der Waals surface area contributed by atoms with Crippen LogP contribution in [0.25, 0.3) is 0 Å². The van der Waals surface area contributed by atoms with E-state index in [-0.39, 0.29) is 5.91 Å². The van der Waals surface area contributed by atoms with E-state index in [0.717, 1.165) is 17.5 Å². The van der Waals surface area contributed by atoms with E-state index in [4.69, 9.17) is 5.73 Å². The number of nitrogens with zero attached hydrogens (tertiary/aromatic N) is 1. The fraction of sp³-hybridized carbons (Fsp3) is 0.846. The highest BCUT2D eigenvalue weighted by molar-refractivity contribution is 8.13. The first-order valence-corrected chi connectivity index (χ1v) is 7.55. The van der Waals surface area contributed by atoms with Crippen LogP contribution in [-0.2, 0) is 4.79 Å². The maximum Gasteiger partial charge on any atom is 0.224 e. The minimum atomic E-state index is -0.535. The molecule has 0 fully saturated rings. The van der Waals surface area contributed by atoms with Gasteiger partial charge in [-0.3, -0.25) is 9.79 Å². The zero-order valence-corrected chi connectivity index (χ0v) is 12.7. The van der Waals surface area contributed by atoms with Gasteiger partial charge < -0.3 is 11.1 Å². The quantitative estimate of drug-likeness (QED) is 0.803. The number of nitrogens with two attached hydrogens (primary N) is 1. The summed E-state index contributed by atoms with van der Waals surface area (Å²) in [4.78, 5) is 15.8. The third-order valence-electron chi connectivity index (χ3n) is 3.92. The molecule has 3 N–H and O–H groups in total. The highest BCUT2D eigenvalue weighted by atomic mass is 32.2. The lowest BCUT2D eigenvalue weighted by Gasteiger charge is -2.34. The molecule has 1 heterocycles. The Kier molecular flexibility index (Phi) is 5.08. The van der Waals surface area contributed by atoms with Gasteiger partial charge in [-0.2, -0.15) is 0 Å². The number of rotatable bonds is 5. The lowest BCUT2D eigenvalue weighted by Crippen LogP contribution is -2.43. The summed E-state index contributed by atoms with van der Waals surface area (Å²) in [5.74, 6) is 0.816. The number of amides is 1. The standard InChI is InChI=1S/C13H25N3OS/c1-5-13(6-2)8-16-11(18-9-13)15-7-12(3,4)10(14)17/h5-9H2,1-4H3,(H2,14,17)(H,15,16). The second-order valence-electron chi connectivity index (χ2n) is 5.72. The van der Waals surface area contributed by atoms with Crippen LogP contribution in [0.3, 0.4) is 0 Å². The fourth-order valence-electron chi connectivity index (χ4n) is 1.72. The molecule has 0 aromatic rings. The van der Waals surface area contributed by atoms with Gasteiger partial charge in [-0.1, -0.05) is 25.6 Å². The van der Waals surface area contributed by atoms with Crippen LogP contribution in [0.15, 0.2) is 4.99 Å². The SMILES string of the molecule is CCC1(CC)CN=C(NCC(C)(C)C(N)=O)SC1. The van der Waals surface area contributed by atoms with Crippen LogP contribution in [0.5, 0.6) is 0 Å². The molecule has 0 aliphatic carbocycles. The highest BCUT2D eigenvalue weighted by Crippen LogP contribution is 2.34. The van der Waals surface area contributed by atoms with Crippen LogP contribution in [0.2, 0.25) is 0 Å². The first-order valence-electron chi connectivity index (χ1n) is 6.56. The van der Waals surface area contributed by atoms with Crippen LogP contribution < -0.4 is 11.1 Å². The average Bonchev–Trinajstić information content (AvgIpc) is 2.37. The number of carbonyl (C=O) groups is 1. The molecule has 1 amide bonds. The minimum absolute atomic E-state index is 0.284. The number of primary amides is 1. The number of aliphatic imine (C=N–C) groups is 1. The van der Waals surface area contributed by atoms with Crippen molar-refractivity contribution in [3.05, 3.63) is 0 Å². The zero-order valence-electron chi connectivity index (χ0n) is 11.9. The third kappa shape index (κ3) is 3.64. The Balaban J connectivity index is 2.52. The van der Waals surface area contributed by atoms with Crippen molar-refractivity contribution >= 4 is 22.8 Å². The van der Waals surface area contributed by atoms with Crippen molar-refractivity contribution in [2.75, 3.05) is 18.8 Å². The van der Waals surface area contributed by atoms with Gasteiger partial charge in [0.05, 0.1) is 5.41 Å². The monoisotopic (exact) mass is 271 g/mol. The second kappa shape index (κ2) is 5.95. The van der Waals surface area contributed by atoms with Gasteiger partial charge in [-0.05, 0) is 32.1 Å². The Bertz CT molecular complexity index is 335. The Morgan fingerprint density at radius 1 is 1.50 bits per heavy atom. The van der Waals surface area contributed by atoms with Gasteiger partial charge in [0.25, 0.3) is 0 Å². The molecule has 0 atom stereocenters. The second-order valence-corrected chi connectivity index (χ2v) is 6.68. The van der Waals surface area contributed by atoms with Gasteiger partial charge in [0, 0.05) is 18.8 Å². The van der Waals surface area contributed by atoms with Gasteiger partial charge in [-0.25, -0.2) is 0 Å². The largest absolute Gasteiger partial charge is 0.369 e. The summed E-state index contributed by atoms with van der Waals surface area (Å²) in [6, 6.07) is 0. The number of hydrogen-bond acceptors (Lipinski definition) is 4. The molecule has 0 aromatic heterocycles. The number of hydrogen-bond donors (Lipinski definition) is 2. The normalized spacial score (nSPS) is 19.2. The summed E-state index contributed by atoms with van der Waals surface area (Å²) in [7, 11) is 0. The molecule has 0 saturated carbocycles. The predicted octanol–water partition coefficient (Wildman–Crippen LogP) is 2.00. The van der Waals surface area contributed by atoms with E-state index >= 15 is 0 Å². The highest BCUT2D eigenvalue weighted by Gasteiger charge is 2.31. The van der Waals surface area contributed by atoms with E-state index in [1.54, 1.807) is 11.8 Å². The summed E-state index contributed by atoms with van der Waals surface area (Å²) in [6.07, 6.45) is 2.33. The molecular weight excluding hydrogens is 246 g/mol. The Morgan fingerprint density at radius 3 is 2.50 bits per heavy atom. The van der Waals surface area contributed by atoms with E-state index < -0.39 is 5.41 Å². The molecule has 1 rings (SSSR count). The van der Waals surface area contributed by atoms with E-state index in [1.165, 1.54) is 12.8 Å². The van der Waals surface area contributed by atoms with Crippen molar-refractivity contribution in [1.82, 2.24) is 5.32 Å². The van der Waals surface area contributed by atoms with Crippen molar-refractivity contribution in [3.8, 4) is 0 Å². The molecule has 104 valence electrons. The number of nitrogens with one attached hydrogen (secondary N) is 1. The van der Waals surface area contributed by atoms with Crippen LogP contribution in [0.4, 0.5) is 0 Å². The summed E-state index contributed by atoms with van der Waals surface area (Å²) in [5.41, 5.74) is 5.17. The topological polar surface area (TPSA) is 67.5 Å². The number of carbonyl (C=O) groups excluding carboxylic acids is 1. The molecule has 5 heteroatoms. The van der Waals surface area contributed by atoms with E-state index in [9.17, 15) is 4.79 Å². The first kappa shape index (κ1) is 15.3. The van der Waals surface area contributed by atoms with Crippen LogP contribution in [0, 0.1) is 10.8 Å². The average molecular weight is 271 g/mol. The number of amidine groups is 1. The smallest absolute Gasteiger partial charge is 0.224 e. The molecule has 18 heavy (non-hydrogen) atoms. The van der Waals surface area contributed by atoms with E-state index in [1.807, 2.05) is 13.8 Å². The number of thioether (sulfide) groups is 1. The van der Waals surface area contributed by atoms with Crippen LogP contribution >= 0.6 is 11.8 Å². The Morgan fingerprint density at radius 2 is 2.11 bits per heavy atom. The van der Waals surface area contributed by atoms with Crippen molar-refractivity contribution in [2.45, 2.75) is 40.5 Å². The maximum absolute atomic E-state index is 11.2. The van der Waals surface area contributed by atoms with Gasteiger partial charge in [-0.15, -0.1) is 0 Å². The zero-order chi connectivity index (χ0) is 13.8. The maximum atomic E-state index is 11.2. The summed E-state index contributed by atoms with van der Waals surface area (Å²) < 4.78 is 0. The predicted molar refractivity (Wildman–Crippen MR) is 78.8 cm³/mol. The van der Waals surface area contributed by atoms with E-state index in [2.05, 4.69) is 24.2 Å². The fourth-order valence-corrected chi connectivity index (χ4v) is 2.99. The molecule has 4 nitrogen and oxygen atoms in total. The van der Waals surface area contributed by atoms with Gasteiger partial charge in [0.15, 0.2) is 5.17 Å². The van der Waals surface area contributed by atoms with Crippen LogP contribution in [0.1, 0.15) is 40.5 Å². The lowest BCUT2D eigenvalue weighted by atomic mass is 9.84. The molecule has 0 unspecified atom stereocenters. The third-order valence-corrected chi connectivity index (χ3v) is 5.23. The van der Waals surface area contributed by atoms with Crippen molar-refractivity contribution in [2.24, 2.45) is 21.6 Å². The molecule has 0 aromatic carbocycles. The van der Waals surface area contributed by atoms with Gasteiger partial charge in [0.1, 0.15) is 0 Å². The van der Waals surface area contributed by atoms with E-state index in [0.29, 0.717) is 12.0 Å². The molecule has 0 saturated heterocycles. The molecule has 1 aliphatic rings. The lowest BCUT2D eigenvalue weighted by molar-refractivity contribution is -0.125. The molecule has 1 aliphatic heterocycles. The molecule has 0 spiro atoms. The van der Waals surface area contributed by atoms with Gasteiger partial charge >= 0.3 is 0 Å². The van der Waals surface area contributed by atoms with Crippen molar-refractivity contribution in [1.29, 1.82) is 0 Å². The first-order chi connectivity index (χ1) is 8.35. The summed E-state index contributed by atoms with van der Waals surface area (Å²) >= 11 is 1.76.